The van der Waals surface area contributed by atoms with E-state index in [1.807, 2.05) is 6.07 Å². The van der Waals surface area contributed by atoms with E-state index in [2.05, 4.69) is 5.16 Å². The van der Waals surface area contributed by atoms with Crippen LogP contribution in [0.2, 0.25) is 0 Å². The third-order valence-electron chi connectivity index (χ3n) is 6.37. The largest absolute Gasteiger partial charge is 0.493 e. The first-order valence-electron chi connectivity index (χ1n) is 11.6. The third-order valence-corrected chi connectivity index (χ3v) is 6.37. The van der Waals surface area contributed by atoms with Gasteiger partial charge in [0.05, 0.1) is 49.5 Å². The van der Waals surface area contributed by atoms with E-state index >= 15 is 0 Å². The van der Waals surface area contributed by atoms with Crippen LogP contribution in [-0.4, -0.2) is 39.6 Å². The lowest BCUT2D eigenvalue weighted by Crippen LogP contribution is -2.29. The molecule has 2 aliphatic rings. The summed E-state index contributed by atoms with van der Waals surface area (Å²) in [7, 11) is 4.31. The van der Waals surface area contributed by atoms with Crippen LogP contribution in [0.5, 0.6) is 23.0 Å². The predicted octanol–water partition coefficient (Wildman–Crippen LogP) is 5.73. The molecule has 38 heavy (non-hydrogen) atoms. The van der Waals surface area contributed by atoms with E-state index in [0.29, 0.717) is 47.1 Å². The maximum absolute atomic E-state index is 13.4. The predicted molar refractivity (Wildman–Crippen MR) is 132 cm³/mol. The van der Waals surface area contributed by atoms with Crippen LogP contribution in [-0.2, 0) is 17.6 Å². The number of halogens is 3. The zero-order valence-corrected chi connectivity index (χ0v) is 20.7. The number of nitrogens with zero attached hydrogens (tertiary/aromatic N) is 2. The van der Waals surface area contributed by atoms with Crippen molar-refractivity contribution in [1.29, 1.82) is 0 Å². The lowest BCUT2D eigenvalue weighted by molar-refractivity contribution is -0.137. The molecule has 0 N–H and O–H groups in total. The van der Waals surface area contributed by atoms with Gasteiger partial charge in [-0.2, -0.15) is 13.2 Å². The molecule has 0 unspecified atom stereocenters. The summed E-state index contributed by atoms with van der Waals surface area (Å²) in [5.41, 5.74) is 2.25. The van der Waals surface area contributed by atoms with E-state index < -0.39 is 17.7 Å². The maximum atomic E-state index is 13.4. The molecule has 0 amide bonds. The van der Waals surface area contributed by atoms with Crippen LogP contribution in [0.4, 0.5) is 24.5 Å². The van der Waals surface area contributed by atoms with Crippen molar-refractivity contribution in [3.8, 4) is 23.0 Å². The standard InChI is InChI=1S/C27H23F3N2O6/c1-34-22-11-16(12-23(35-2)25(22)36-3)26(33)38-31-19-9-10-32-20-13-17(27(28,29)30)7-8-21(20)37-14-15-5-4-6-18(19)24(15)32/h4-8,11-13H,9-10,14H2,1-3H3/b31-19-. The van der Waals surface area contributed by atoms with E-state index in [0.717, 1.165) is 17.7 Å². The van der Waals surface area contributed by atoms with Crippen LogP contribution in [0.25, 0.3) is 0 Å². The van der Waals surface area contributed by atoms with Gasteiger partial charge >= 0.3 is 12.1 Å². The fourth-order valence-electron chi connectivity index (χ4n) is 4.59. The molecule has 3 aromatic carbocycles. The molecule has 198 valence electrons. The van der Waals surface area contributed by atoms with Crippen LogP contribution in [0, 0.1) is 0 Å². The average Bonchev–Trinajstić information content (AvgIpc) is 3.08. The topological polar surface area (TPSA) is 78.8 Å². The number of methoxy groups -OCH3 is 3. The quantitative estimate of drug-likeness (QED) is 0.309. The summed E-state index contributed by atoms with van der Waals surface area (Å²) in [5, 5.41) is 4.14. The van der Waals surface area contributed by atoms with Gasteiger partial charge in [0.25, 0.3) is 0 Å². The van der Waals surface area contributed by atoms with E-state index in [-0.39, 0.29) is 23.7 Å². The fourth-order valence-corrected chi connectivity index (χ4v) is 4.59. The Hall–Kier alpha value is -4.41. The van der Waals surface area contributed by atoms with Gasteiger partial charge in [0.2, 0.25) is 5.75 Å². The second-order valence-electron chi connectivity index (χ2n) is 8.51. The Kier molecular flexibility index (Phi) is 6.52. The van der Waals surface area contributed by atoms with Gasteiger partial charge in [-0.15, -0.1) is 0 Å². The molecule has 11 heteroatoms. The first-order chi connectivity index (χ1) is 18.2. The summed E-state index contributed by atoms with van der Waals surface area (Å²) in [6.07, 6.45) is -4.18. The minimum absolute atomic E-state index is 0.134. The highest BCUT2D eigenvalue weighted by Gasteiger charge is 2.35. The summed E-state index contributed by atoms with van der Waals surface area (Å²) in [6, 6.07) is 11.8. The van der Waals surface area contributed by atoms with E-state index in [9.17, 15) is 18.0 Å². The minimum atomic E-state index is -4.49. The molecule has 0 saturated carbocycles. The van der Waals surface area contributed by atoms with Gasteiger partial charge in [0.15, 0.2) is 11.5 Å². The Morgan fingerprint density at radius 3 is 2.39 bits per heavy atom. The summed E-state index contributed by atoms with van der Waals surface area (Å²) in [5.74, 6) is 0.502. The van der Waals surface area contributed by atoms with Crippen molar-refractivity contribution in [3.63, 3.8) is 0 Å². The smallest absolute Gasteiger partial charge is 0.416 e. The Labute approximate surface area is 216 Å². The number of benzene rings is 3. The van der Waals surface area contributed by atoms with Gasteiger partial charge in [-0.25, -0.2) is 4.79 Å². The van der Waals surface area contributed by atoms with Crippen molar-refractivity contribution in [1.82, 2.24) is 0 Å². The summed E-state index contributed by atoms with van der Waals surface area (Å²) in [4.78, 5) is 19.9. The molecule has 0 saturated heterocycles. The number of hydrogen-bond acceptors (Lipinski definition) is 8. The van der Waals surface area contributed by atoms with Crippen LogP contribution >= 0.6 is 0 Å². The Balaban J connectivity index is 1.49. The summed E-state index contributed by atoms with van der Waals surface area (Å²) < 4.78 is 62.0. The maximum Gasteiger partial charge on any atom is 0.416 e. The number of carbonyl (C=O) groups excluding carboxylic acids is 1. The van der Waals surface area contributed by atoms with Gasteiger partial charge in [-0.1, -0.05) is 23.4 Å². The van der Waals surface area contributed by atoms with Crippen LogP contribution in [0.3, 0.4) is 0 Å². The molecule has 0 spiro atoms. The number of fused-ring (bicyclic) bond motifs is 2. The molecule has 0 aromatic heterocycles. The van der Waals surface area contributed by atoms with E-state index in [1.165, 1.54) is 39.5 Å². The van der Waals surface area contributed by atoms with Gasteiger partial charge in [0.1, 0.15) is 12.4 Å². The van der Waals surface area contributed by atoms with Crippen LogP contribution in [0.1, 0.15) is 33.5 Å². The number of ether oxygens (including phenoxy) is 4. The van der Waals surface area contributed by atoms with Crippen molar-refractivity contribution in [3.05, 3.63) is 70.8 Å². The number of alkyl halides is 3. The molecule has 0 atom stereocenters. The van der Waals surface area contributed by atoms with Gasteiger partial charge in [0, 0.05) is 24.1 Å². The molecule has 2 heterocycles. The zero-order chi connectivity index (χ0) is 27.0. The highest BCUT2D eigenvalue weighted by molar-refractivity contribution is 6.09. The van der Waals surface area contributed by atoms with E-state index in [4.69, 9.17) is 23.8 Å². The highest BCUT2D eigenvalue weighted by atomic mass is 19.4. The molecule has 0 bridgehead atoms. The Morgan fingerprint density at radius 2 is 1.74 bits per heavy atom. The summed E-state index contributed by atoms with van der Waals surface area (Å²) >= 11 is 0. The normalized spacial score (nSPS) is 15.1. The second kappa shape index (κ2) is 9.81. The summed E-state index contributed by atoms with van der Waals surface area (Å²) in [6.45, 7) is 0.471. The molecule has 5 rings (SSSR count). The van der Waals surface area contributed by atoms with Crippen molar-refractivity contribution < 1.29 is 41.8 Å². The first-order valence-corrected chi connectivity index (χ1v) is 11.6. The SMILES string of the molecule is COc1cc(C(=O)O/N=C2/CCN3c4cc(C(F)(F)F)ccc4OCc4cccc2c43)cc(OC)c1OC. The van der Waals surface area contributed by atoms with Crippen molar-refractivity contribution in [2.75, 3.05) is 32.8 Å². The Bertz CT molecular complexity index is 1410. The minimum Gasteiger partial charge on any atom is -0.493 e. The third kappa shape index (κ3) is 4.44. The van der Waals surface area contributed by atoms with Gasteiger partial charge < -0.3 is 28.7 Å². The fraction of sp³-hybridized carbons (Fsp3) is 0.259. The van der Waals surface area contributed by atoms with E-state index in [1.54, 1.807) is 17.0 Å². The lowest BCUT2D eigenvalue weighted by Gasteiger charge is -2.32. The van der Waals surface area contributed by atoms with Crippen LogP contribution in [0.15, 0.2) is 53.7 Å². The number of oxime groups is 1. The molecule has 0 aliphatic carbocycles. The van der Waals surface area contributed by atoms with Gasteiger partial charge in [-0.05, 0) is 30.3 Å². The second-order valence-corrected chi connectivity index (χ2v) is 8.51. The van der Waals surface area contributed by atoms with Crippen molar-refractivity contribution >= 4 is 23.1 Å². The van der Waals surface area contributed by atoms with Gasteiger partial charge in [-0.3, -0.25) is 0 Å². The molecule has 0 fully saturated rings. The first kappa shape index (κ1) is 25.2. The number of anilines is 2. The van der Waals surface area contributed by atoms with Crippen molar-refractivity contribution in [2.24, 2.45) is 5.16 Å². The number of carbonyl (C=O) groups is 1. The van der Waals surface area contributed by atoms with Crippen LogP contribution < -0.4 is 23.8 Å². The molecular formula is C27H23F3N2O6. The average molecular weight is 528 g/mol. The Morgan fingerprint density at radius 1 is 1.00 bits per heavy atom. The molecule has 3 aromatic rings. The molecule has 0 radical (unpaired) electrons. The number of para-hydroxylation sites is 1. The highest BCUT2D eigenvalue weighted by Crippen LogP contribution is 2.46. The molecule has 8 nitrogen and oxygen atoms in total. The number of rotatable bonds is 5. The zero-order valence-electron chi connectivity index (χ0n) is 20.7. The monoisotopic (exact) mass is 528 g/mol. The molecular weight excluding hydrogens is 505 g/mol. The number of hydrogen-bond donors (Lipinski definition) is 0. The molecule has 2 aliphatic heterocycles. The lowest BCUT2D eigenvalue weighted by atomic mass is 9.95. The van der Waals surface area contributed by atoms with Crippen molar-refractivity contribution in [2.45, 2.75) is 19.2 Å².